The number of nitrogens with one attached hydrogen (secondary N) is 1. The number of esters is 1. The number of hydrogen-bond acceptors (Lipinski definition) is 4. The van der Waals surface area contributed by atoms with Gasteiger partial charge in [0.05, 0.1) is 6.61 Å². The number of carbonyl (C=O) groups excluding carboxylic acids is 1. The fraction of sp³-hybridized carbons (Fsp3) is 0.900. The van der Waals surface area contributed by atoms with Crippen LogP contribution in [0.2, 0.25) is 0 Å². The smallest absolute Gasteiger partial charge is 0.326 e. The summed E-state index contributed by atoms with van der Waals surface area (Å²) in [5, 5.41) is 11.9. The Morgan fingerprint density at radius 1 is 1.43 bits per heavy atom. The maximum Gasteiger partial charge on any atom is 0.326 e. The van der Waals surface area contributed by atoms with E-state index in [1.54, 1.807) is 20.8 Å². The molecule has 0 heterocycles. The van der Waals surface area contributed by atoms with Crippen molar-refractivity contribution in [2.45, 2.75) is 52.3 Å². The van der Waals surface area contributed by atoms with Crippen molar-refractivity contribution in [1.29, 1.82) is 0 Å². The van der Waals surface area contributed by atoms with E-state index in [2.05, 4.69) is 5.32 Å². The first kappa shape index (κ1) is 13.4. The van der Waals surface area contributed by atoms with Gasteiger partial charge in [0, 0.05) is 6.04 Å². The highest BCUT2D eigenvalue weighted by Crippen LogP contribution is 2.08. The Morgan fingerprint density at radius 3 is 2.21 bits per heavy atom. The minimum atomic E-state index is -0.630. The van der Waals surface area contributed by atoms with E-state index in [4.69, 9.17) is 9.84 Å². The molecule has 4 nitrogen and oxygen atoms in total. The van der Waals surface area contributed by atoms with E-state index in [9.17, 15) is 4.79 Å². The molecule has 0 amide bonds. The zero-order valence-electron chi connectivity index (χ0n) is 9.63. The van der Waals surface area contributed by atoms with E-state index >= 15 is 0 Å². The summed E-state index contributed by atoms with van der Waals surface area (Å²) >= 11 is 0. The van der Waals surface area contributed by atoms with Crippen LogP contribution in [0, 0.1) is 0 Å². The SMILES string of the molecule is CC(C)NC(CO)C(=O)OC(C)(C)C. The van der Waals surface area contributed by atoms with Gasteiger partial charge in [0.1, 0.15) is 11.6 Å². The molecule has 0 saturated heterocycles. The quantitative estimate of drug-likeness (QED) is 0.660. The molecule has 84 valence electrons. The van der Waals surface area contributed by atoms with E-state index in [1.165, 1.54) is 0 Å². The van der Waals surface area contributed by atoms with E-state index in [0.717, 1.165) is 0 Å². The van der Waals surface area contributed by atoms with Crippen LogP contribution in [0.3, 0.4) is 0 Å². The van der Waals surface area contributed by atoms with E-state index < -0.39 is 17.6 Å². The summed E-state index contributed by atoms with van der Waals surface area (Å²) in [5.41, 5.74) is -0.511. The molecule has 0 rings (SSSR count). The molecule has 1 atom stereocenters. The molecular formula is C10H21NO3. The minimum absolute atomic E-state index is 0.139. The van der Waals surface area contributed by atoms with Crippen LogP contribution in [0.5, 0.6) is 0 Å². The molecule has 0 aromatic heterocycles. The normalized spacial score (nSPS) is 14.2. The Kier molecular flexibility index (Phi) is 5.08. The Balaban J connectivity index is 4.18. The number of hydrogen-bond donors (Lipinski definition) is 2. The molecule has 0 bridgehead atoms. The molecule has 0 aromatic carbocycles. The highest BCUT2D eigenvalue weighted by molar-refractivity contribution is 5.76. The molecule has 14 heavy (non-hydrogen) atoms. The van der Waals surface area contributed by atoms with Crippen molar-refractivity contribution < 1.29 is 14.6 Å². The summed E-state index contributed by atoms with van der Waals surface area (Å²) in [5.74, 6) is -0.409. The lowest BCUT2D eigenvalue weighted by molar-refractivity contribution is -0.158. The van der Waals surface area contributed by atoms with Crippen molar-refractivity contribution in [3.05, 3.63) is 0 Å². The number of carbonyl (C=O) groups is 1. The van der Waals surface area contributed by atoms with Crippen LogP contribution in [-0.2, 0) is 9.53 Å². The van der Waals surface area contributed by atoms with Crippen LogP contribution in [0.1, 0.15) is 34.6 Å². The lowest BCUT2D eigenvalue weighted by atomic mass is 10.2. The molecule has 1 unspecified atom stereocenters. The van der Waals surface area contributed by atoms with E-state index in [1.807, 2.05) is 13.8 Å². The van der Waals surface area contributed by atoms with Crippen LogP contribution < -0.4 is 5.32 Å². The molecule has 0 aliphatic heterocycles. The van der Waals surface area contributed by atoms with Gasteiger partial charge in [0.25, 0.3) is 0 Å². The molecule has 0 aromatic rings. The van der Waals surface area contributed by atoms with Crippen molar-refractivity contribution in [1.82, 2.24) is 5.32 Å². The number of aliphatic hydroxyl groups is 1. The third-order valence-electron chi connectivity index (χ3n) is 1.41. The second kappa shape index (κ2) is 5.32. The Bertz CT molecular complexity index is 184. The summed E-state index contributed by atoms with van der Waals surface area (Å²) < 4.78 is 5.13. The maximum absolute atomic E-state index is 11.5. The molecule has 0 saturated carbocycles. The molecule has 0 aliphatic carbocycles. The van der Waals surface area contributed by atoms with E-state index in [0.29, 0.717) is 0 Å². The first-order valence-electron chi connectivity index (χ1n) is 4.86. The summed E-state index contributed by atoms with van der Waals surface area (Å²) in [7, 11) is 0. The van der Waals surface area contributed by atoms with Crippen molar-refractivity contribution in [2.75, 3.05) is 6.61 Å². The molecule has 0 radical (unpaired) electrons. The van der Waals surface area contributed by atoms with Gasteiger partial charge in [-0.2, -0.15) is 0 Å². The van der Waals surface area contributed by atoms with Crippen molar-refractivity contribution >= 4 is 5.97 Å². The van der Waals surface area contributed by atoms with Gasteiger partial charge >= 0.3 is 5.97 Å². The second-order valence-electron chi connectivity index (χ2n) is 4.59. The first-order chi connectivity index (χ1) is 6.26. The predicted molar refractivity (Wildman–Crippen MR) is 55.0 cm³/mol. The van der Waals surface area contributed by atoms with Gasteiger partial charge in [-0.3, -0.25) is 4.79 Å². The summed E-state index contributed by atoms with van der Waals surface area (Å²) in [6.07, 6.45) is 0. The lowest BCUT2D eigenvalue weighted by Crippen LogP contribution is -2.46. The maximum atomic E-state index is 11.5. The number of aliphatic hydroxyl groups excluding tert-OH is 1. The number of rotatable bonds is 4. The largest absolute Gasteiger partial charge is 0.459 e. The van der Waals surface area contributed by atoms with Gasteiger partial charge in [-0.25, -0.2) is 0 Å². The highest BCUT2D eigenvalue weighted by Gasteiger charge is 2.24. The zero-order valence-corrected chi connectivity index (χ0v) is 9.63. The van der Waals surface area contributed by atoms with Gasteiger partial charge < -0.3 is 15.2 Å². The van der Waals surface area contributed by atoms with Crippen molar-refractivity contribution in [3.8, 4) is 0 Å². The van der Waals surface area contributed by atoms with Crippen LogP contribution in [0.15, 0.2) is 0 Å². The molecule has 4 heteroatoms. The van der Waals surface area contributed by atoms with Crippen LogP contribution in [0.4, 0.5) is 0 Å². The van der Waals surface area contributed by atoms with Gasteiger partial charge in [-0.05, 0) is 20.8 Å². The lowest BCUT2D eigenvalue weighted by Gasteiger charge is -2.24. The Labute approximate surface area is 85.6 Å². The second-order valence-corrected chi connectivity index (χ2v) is 4.59. The summed E-state index contributed by atoms with van der Waals surface area (Å²) in [6.45, 7) is 8.98. The average Bonchev–Trinajstić information content (AvgIpc) is 1.96. The summed E-state index contributed by atoms with van der Waals surface area (Å²) in [6, 6.07) is -0.492. The Hall–Kier alpha value is -0.610. The molecule has 0 fully saturated rings. The predicted octanol–water partition coefficient (Wildman–Crippen LogP) is 0.687. The van der Waals surface area contributed by atoms with Crippen molar-refractivity contribution in [2.24, 2.45) is 0 Å². The standard InChI is InChI=1S/C10H21NO3/c1-7(2)11-8(6-12)9(13)14-10(3,4)5/h7-8,11-12H,6H2,1-5H3. The van der Waals surface area contributed by atoms with E-state index in [-0.39, 0.29) is 12.6 Å². The van der Waals surface area contributed by atoms with Gasteiger partial charge in [0.15, 0.2) is 0 Å². The summed E-state index contributed by atoms with van der Waals surface area (Å²) in [4.78, 5) is 11.5. The molecular weight excluding hydrogens is 182 g/mol. The van der Waals surface area contributed by atoms with Crippen LogP contribution >= 0.6 is 0 Å². The highest BCUT2D eigenvalue weighted by atomic mass is 16.6. The third kappa shape index (κ3) is 5.94. The van der Waals surface area contributed by atoms with Crippen LogP contribution in [-0.4, -0.2) is 35.4 Å². The van der Waals surface area contributed by atoms with Gasteiger partial charge in [-0.15, -0.1) is 0 Å². The van der Waals surface area contributed by atoms with Crippen molar-refractivity contribution in [3.63, 3.8) is 0 Å². The molecule has 2 N–H and O–H groups in total. The first-order valence-corrected chi connectivity index (χ1v) is 4.86. The van der Waals surface area contributed by atoms with Gasteiger partial charge in [0.2, 0.25) is 0 Å². The minimum Gasteiger partial charge on any atom is -0.459 e. The fourth-order valence-corrected chi connectivity index (χ4v) is 0.971. The number of ether oxygens (including phenoxy) is 1. The monoisotopic (exact) mass is 203 g/mol. The Morgan fingerprint density at radius 2 is 1.93 bits per heavy atom. The fourth-order valence-electron chi connectivity index (χ4n) is 0.971. The van der Waals surface area contributed by atoms with Gasteiger partial charge in [-0.1, -0.05) is 13.8 Å². The molecule has 0 aliphatic rings. The average molecular weight is 203 g/mol. The third-order valence-corrected chi connectivity index (χ3v) is 1.41. The van der Waals surface area contributed by atoms with Crippen LogP contribution in [0.25, 0.3) is 0 Å². The zero-order chi connectivity index (χ0) is 11.4. The topological polar surface area (TPSA) is 58.6 Å². The molecule has 0 spiro atoms.